The summed E-state index contributed by atoms with van der Waals surface area (Å²) in [7, 11) is -0.594. The Labute approximate surface area is 225 Å². The average molecular weight is 516 g/mol. The van der Waals surface area contributed by atoms with Gasteiger partial charge in [0.25, 0.3) is 0 Å². The van der Waals surface area contributed by atoms with E-state index in [4.69, 9.17) is 4.98 Å². The van der Waals surface area contributed by atoms with Crippen molar-refractivity contribution in [3.8, 4) is 33.6 Å². The molecule has 0 aliphatic carbocycles. The largest absolute Gasteiger partial charge is 0.248 e. The van der Waals surface area contributed by atoms with Gasteiger partial charge in [-0.25, -0.2) is 9.37 Å². The van der Waals surface area contributed by atoms with E-state index in [2.05, 4.69) is 99.6 Å². The summed E-state index contributed by atoms with van der Waals surface area (Å²) in [5.74, 6) is -0.150. The van der Waals surface area contributed by atoms with Crippen molar-refractivity contribution in [1.82, 2.24) is 4.98 Å². The molecule has 0 spiro atoms. The molecule has 0 amide bonds. The predicted molar refractivity (Wildman–Crippen MR) is 163 cm³/mol. The van der Waals surface area contributed by atoms with Crippen LogP contribution >= 0.6 is 7.53 Å². The van der Waals surface area contributed by atoms with Gasteiger partial charge < -0.3 is 0 Å². The molecular weight excluding hydrogens is 484 g/mol. The molecule has 2 aromatic heterocycles. The maximum Gasteiger partial charge on any atom is 0.129 e. The lowest BCUT2D eigenvalue weighted by molar-refractivity contribution is 0.609. The van der Waals surface area contributed by atoms with Crippen LogP contribution in [0.1, 0.15) is 31.9 Å². The van der Waals surface area contributed by atoms with E-state index in [0.29, 0.717) is 11.1 Å². The Morgan fingerprint density at radius 2 is 1.26 bits per heavy atom. The van der Waals surface area contributed by atoms with E-state index in [1.807, 2.05) is 32.0 Å². The molecule has 6 rings (SSSR count). The molecule has 38 heavy (non-hydrogen) atoms. The first-order valence-corrected chi connectivity index (χ1v) is 14.4. The molecule has 0 aliphatic rings. The molecular formula is C35H31FNP. The van der Waals surface area contributed by atoms with Gasteiger partial charge in [0.1, 0.15) is 5.82 Å². The van der Waals surface area contributed by atoms with Gasteiger partial charge in [0, 0.05) is 26.5 Å². The van der Waals surface area contributed by atoms with Gasteiger partial charge in [0.2, 0.25) is 0 Å². The molecule has 1 unspecified atom stereocenters. The van der Waals surface area contributed by atoms with E-state index < -0.39 is 7.53 Å². The van der Waals surface area contributed by atoms with E-state index in [-0.39, 0.29) is 11.0 Å². The van der Waals surface area contributed by atoms with Crippen molar-refractivity contribution in [2.45, 2.75) is 39.8 Å². The van der Waals surface area contributed by atoms with Crippen LogP contribution in [0.25, 0.3) is 54.7 Å². The van der Waals surface area contributed by atoms with Crippen LogP contribution in [0.2, 0.25) is 0 Å². The lowest BCUT2D eigenvalue weighted by Crippen LogP contribution is -2.00. The molecule has 188 valence electrons. The zero-order valence-electron chi connectivity index (χ0n) is 22.5. The molecule has 4 aromatic carbocycles. The molecule has 0 saturated heterocycles. The second kappa shape index (κ2) is 9.22. The molecule has 0 bridgehead atoms. The maximum atomic E-state index is 14.5. The van der Waals surface area contributed by atoms with Crippen molar-refractivity contribution < 1.29 is 4.39 Å². The Morgan fingerprint density at radius 3 is 1.97 bits per heavy atom. The van der Waals surface area contributed by atoms with E-state index in [0.717, 1.165) is 28.1 Å². The number of nitrogens with zero attached hydrogens (tertiary/aromatic N) is 1. The van der Waals surface area contributed by atoms with E-state index in [9.17, 15) is 4.39 Å². The summed E-state index contributed by atoms with van der Waals surface area (Å²) in [5.41, 5.74) is 7.48. The fraction of sp³-hybridized carbons (Fsp3) is 0.171. The molecule has 0 fully saturated rings. The number of hydrogen-bond donors (Lipinski definition) is 0. The third kappa shape index (κ3) is 4.14. The Hall–Kier alpha value is -3.74. The number of benzene rings is 4. The number of hydrogen-bond acceptors (Lipinski definition) is 1. The van der Waals surface area contributed by atoms with Crippen molar-refractivity contribution >= 4 is 28.5 Å². The predicted octanol–water partition coefficient (Wildman–Crippen LogP) is 10.9. The van der Waals surface area contributed by atoms with Crippen molar-refractivity contribution in [2.24, 2.45) is 0 Å². The zero-order valence-corrected chi connectivity index (χ0v) is 23.4. The highest BCUT2D eigenvalue weighted by atomic mass is 31.1. The highest BCUT2D eigenvalue weighted by Crippen LogP contribution is 2.60. The van der Waals surface area contributed by atoms with Crippen LogP contribution in [0.15, 0.2) is 97.1 Å². The van der Waals surface area contributed by atoms with Crippen LogP contribution in [-0.2, 0) is 5.16 Å². The lowest BCUT2D eigenvalue weighted by Gasteiger charge is -2.22. The molecule has 0 saturated carbocycles. The lowest BCUT2D eigenvalue weighted by atomic mass is 9.98. The van der Waals surface area contributed by atoms with Crippen LogP contribution < -0.4 is 0 Å². The van der Waals surface area contributed by atoms with Crippen molar-refractivity contribution in [3.63, 3.8) is 0 Å². The van der Waals surface area contributed by atoms with Crippen LogP contribution in [-0.4, -0.2) is 4.98 Å². The Bertz CT molecular complexity index is 1800. The second-order valence-corrected chi connectivity index (χ2v) is 14.1. The molecule has 0 N–H and O–H groups in total. The first-order valence-electron chi connectivity index (χ1n) is 13.1. The van der Waals surface area contributed by atoms with Gasteiger partial charge in [0.15, 0.2) is 0 Å². The van der Waals surface area contributed by atoms with Gasteiger partial charge in [-0.2, -0.15) is 0 Å². The van der Waals surface area contributed by atoms with Crippen LogP contribution in [0.5, 0.6) is 0 Å². The summed E-state index contributed by atoms with van der Waals surface area (Å²) < 4.78 is 14.5. The summed E-state index contributed by atoms with van der Waals surface area (Å²) in [6.45, 7) is 10.7. The molecule has 0 aliphatic heterocycles. The van der Waals surface area contributed by atoms with Crippen molar-refractivity contribution in [3.05, 3.63) is 114 Å². The fourth-order valence-electron chi connectivity index (χ4n) is 5.63. The number of fused-ring (bicyclic) bond motifs is 3. The average Bonchev–Trinajstić information content (AvgIpc) is 3.27. The normalized spacial score (nSPS) is 12.4. The molecule has 1 atom stereocenters. The Balaban J connectivity index is 1.70. The second-order valence-electron chi connectivity index (χ2n) is 11.1. The van der Waals surface area contributed by atoms with E-state index in [1.165, 1.54) is 26.6 Å². The van der Waals surface area contributed by atoms with Gasteiger partial charge >= 0.3 is 0 Å². The van der Waals surface area contributed by atoms with Crippen molar-refractivity contribution in [2.75, 3.05) is 0 Å². The van der Waals surface area contributed by atoms with E-state index in [1.54, 1.807) is 0 Å². The van der Waals surface area contributed by atoms with Gasteiger partial charge in [-0.15, -0.1) is 7.53 Å². The topological polar surface area (TPSA) is 12.9 Å². The van der Waals surface area contributed by atoms with Gasteiger partial charge in [0.05, 0.1) is 11.4 Å². The summed E-state index contributed by atoms with van der Waals surface area (Å²) >= 11 is 0. The third-order valence-electron chi connectivity index (χ3n) is 7.31. The fourth-order valence-corrected chi connectivity index (χ4v) is 8.80. The zero-order chi connectivity index (χ0) is 26.6. The van der Waals surface area contributed by atoms with Gasteiger partial charge in [-0.1, -0.05) is 93.6 Å². The standard InChI is InChI=1S/C35H31FNP/c1-22-18-26(19-23(2)33(22)36)30-20-25(24-12-7-6-8-13-24)21-31(37-30)29-16-11-15-28-27-14-9-10-17-32(27)38(34(28)29)35(3,4)5/h6-21H,1-5H3. The number of halogens is 1. The van der Waals surface area contributed by atoms with Crippen LogP contribution in [0, 0.1) is 19.7 Å². The van der Waals surface area contributed by atoms with Gasteiger partial charge in [-0.05, 0) is 71.1 Å². The third-order valence-corrected chi connectivity index (χ3v) is 10.4. The highest BCUT2D eigenvalue weighted by Gasteiger charge is 2.25. The molecule has 0 radical (unpaired) electrons. The minimum Gasteiger partial charge on any atom is -0.248 e. The molecule has 3 heteroatoms. The number of aryl methyl sites for hydroxylation is 2. The van der Waals surface area contributed by atoms with Crippen LogP contribution in [0.3, 0.4) is 0 Å². The summed E-state index contributed by atoms with van der Waals surface area (Å²) in [6, 6.07) is 34.1. The Kier molecular flexibility index (Phi) is 5.97. The monoisotopic (exact) mass is 515 g/mol. The first-order chi connectivity index (χ1) is 18.2. The number of rotatable bonds is 3. The highest BCUT2D eigenvalue weighted by molar-refractivity contribution is 7.62. The van der Waals surface area contributed by atoms with Crippen molar-refractivity contribution in [1.29, 1.82) is 0 Å². The number of pyridine rings is 1. The minimum absolute atomic E-state index is 0.0951. The summed E-state index contributed by atoms with van der Waals surface area (Å²) in [5, 5.41) is 5.61. The van der Waals surface area contributed by atoms with E-state index >= 15 is 0 Å². The van der Waals surface area contributed by atoms with Gasteiger partial charge in [-0.3, -0.25) is 0 Å². The molecule has 2 heterocycles. The smallest absolute Gasteiger partial charge is 0.129 e. The molecule has 1 nitrogen and oxygen atoms in total. The Morgan fingerprint density at radius 1 is 0.632 bits per heavy atom. The first kappa shape index (κ1) is 24.6. The maximum absolute atomic E-state index is 14.5. The number of aromatic nitrogens is 1. The summed E-state index contributed by atoms with van der Waals surface area (Å²) in [4.78, 5) is 5.26. The minimum atomic E-state index is -0.594. The summed E-state index contributed by atoms with van der Waals surface area (Å²) in [6.07, 6.45) is 0. The molecule has 6 aromatic rings. The van der Waals surface area contributed by atoms with Crippen LogP contribution in [0.4, 0.5) is 4.39 Å². The SMILES string of the molecule is Cc1cc(-c2cc(-c3ccccc3)cc(-c3cccc4c5ccccc5p(C(C)(C)C)c34)n2)cc(C)c1F. The quantitative estimate of drug-likeness (QED) is 0.228.